The summed E-state index contributed by atoms with van der Waals surface area (Å²) in [6.07, 6.45) is 38.3. The van der Waals surface area contributed by atoms with Gasteiger partial charge in [0.05, 0.1) is 13.2 Å². The Morgan fingerprint density at radius 1 is 0.490 bits per heavy atom. The van der Waals surface area contributed by atoms with E-state index < -0.39 is 24.4 Å². The lowest BCUT2D eigenvalue weighted by Gasteiger charge is -2.40. The van der Waals surface area contributed by atoms with Gasteiger partial charge in [-0.3, -0.25) is 0 Å². The average Bonchev–Trinajstić information content (AvgIpc) is 3.09. The summed E-state index contributed by atoms with van der Waals surface area (Å²) in [5, 5.41) is 21.7. The second-order valence-electron chi connectivity index (χ2n) is 14.9. The minimum atomic E-state index is -0.875. The van der Waals surface area contributed by atoms with E-state index in [9.17, 15) is 10.2 Å². The zero-order valence-electron chi connectivity index (χ0n) is 32.3. The number of hydrogen-bond donors (Lipinski definition) is 2. The van der Waals surface area contributed by atoms with Gasteiger partial charge in [-0.2, -0.15) is 0 Å². The van der Waals surface area contributed by atoms with Crippen molar-refractivity contribution in [2.24, 2.45) is 0 Å². The van der Waals surface area contributed by atoms with Crippen molar-refractivity contribution < 1.29 is 24.4 Å². The Kier molecular flexibility index (Phi) is 33.1. The van der Waals surface area contributed by atoms with Crippen LogP contribution in [0.15, 0.2) is 0 Å². The summed E-state index contributed by atoms with van der Waals surface area (Å²) in [4.78, 5) is 0. The highest BCUT2D eigenvalue weighted by molar-refractivity contribution is 7.80. The fourth-order valence-corrected chi connectivity index (χ4v) is 7.50. The van der Waals surface area contributed by atoms with Gasteiger partial charge < -0.3 is 24.4 Å². The van der Waals surface area contributed by atoms with Crippen molar-refractivity contribution in [1.29, 1.82) is 0 Å². The Bertz CT molecular complexity index is 751. The highest BCUT2D eigenvalue weighted by Gasteiger charge is 2.43. The SMILES string of the molecule is CCCCCCCCCCCCCCCCCC(=S)O[C@H]1[C@H](OC(=S)CCCCCCCCCCCCCCCCC)[C@@H](CO)OC[C@@H]1O. The molecule has 1 saturated heterocycles. The lowest BCUT2D eigenvalue weighted by Crippen LogP contribution is -2.57. The van der Waals surface area contributed by atoms with Crippen molar-refractivity contribution >= 4 is 34.5 Å². The molecule has 0 aromatic rings. The minimum Gasteiger partial charge on any atom is -0.477 e. The minimum absolute atomic E-state index is 0.0864. The molecule has 1 aliphatic heterocycles. The summed E-state index contributed by atoms with van der Waals surface area (Å²) in [5.74, 6) is 0. The molecule has 0 bridgehead atoms. The summed E-state index contributed by atoms with van der Waals surface area (Å²) >= 11 is 11.2. The summed E-state index contributed by atoms with van der Waals surface area (Å²) in [7, 11) is 0. The first kappa shape index (κ1) is 46.7. The molecule has 0 spiro atoms. The summed E-state index contributed by atoms with van der Waals surface area (Å²) in [6, 6.07) is 0. The van der Waals surface area contributed by atoms with Crippen LogP contribution in [-0.2, 0) is 14.2 Å². The maximum atomic E-state index is 10.7. The highest BCUT2D eigenvalue weighted by atomic mass is 32.1. The zero-order chi connectivity index (χ0) is 35.6. The second-order valence-corrected chi connectivity index (χ2v) is 15.8. The van der Waals surface area contributed by atoms with Gasteiger partial charge in [0, 0.05) is 12.8 Å². The van der Waals surface area contributed by atoms with Gasteiger partial charge in [0.2, 0.25) is 0 Å². The highest BCUT2D eigenvalue weighted by Crippen LogP contribution is 2.25. The maximum Gasteiger partial charge on any atom is 0.167 e. The molecule has 2 N–H and O–H groups in total. The first-order valence-electron chi connectivity index (χ1n) is 21.3. The molecule has 0 aromatic heterocycles. The Balaban J connectivity index is 2.14. The Labute approximate surface area is 314 Å². The molecule has 1 rings (SSSR count). The van der Waals surface area contributed by atoms with Gasteiger partial charge in [-0.25, -0.2) is 0 Å². The van der Waals surface area contributed by atoms with Crippen molar-refractivity contribution in [3.8, 4) is 0 Å². The zero-order valence-corrected chi connectivity index (χ0v) is 33.9. The quantitative estimate of drug-likeness (QED) is 0.0497. The van der Waals surface area contributed by atoms with E-state index in [1.54, 1.807) is 0 Å². The van der Waals surface area contributed by atoms with Crippen molar-refractivity contribution in [2.75, 3.05) is 13.2 Å². The monoisotopic (exact) mass is 729 g/mol. The fraction of sp³-hybridized carbons (Fsp3) is 0.952. The molecule has 0 amide bonds. The largest absolute Gasteiger partial charge is 0.477 e. The fourth-order valence-electron chi connectivity index (χ4n) is 6.99. The van der Waals surface area contributed by atoms with Crippen LogP contribution >= 0.6 is 24.4 Å². The van der Waals surface area contributed by atoms with E-state index in [4.69, 9.17) is 38.6 Å². The molecule has 7 heteroatoms. The summed E-state index contributed by atoms with van der Waals surface area (Å²) < 4.78 is 17.9. The summed E-state index contributed by atoms with van der Waals surface area (Å²) in [6.45, 7) is 4.43. The lowest BCUT2D eigenvalue weighted by molar-refractivity contribution is -0.185. The van der Waals surface area contributed by atoms with Crippen LogP contribution in [0.1, 0.15) is 219 Å². The van der Waals surface area contributed by atoms with Gasteiger partial charge in [0.15, 0.2) is 22.3 Å². The predicted octanol–water partition coefficient (Wildman–Crippen LogP) is 12.7. The molecule has 1 fully saturated rings. The van der Waals surface area contributed by atoms with Gasteiger partial charge in [-0.05, 0) is 37.3 Å². The van der Waals surface area contributed by atoms with E-state index >= 15 is 0 Å². The normalized spacial score (nSPS) is 19.3. The average molecular weight is 729 g/mol. The number of hydrogen-bond acceptors (Lipinski definition) is 7. The molecule has 0 unspecified atom stereocenters. The molecule has 290 valence electrons. The van der Waals surface area contributed by atoms with Crippen molar-refractivity contribution in [2.45, 2.75) is 244 Å². The van der Waals surface area contributed by atoms with E-state index in [1.165, 1.54) is 167 Å². The third kappa shape index (κ3) is 27.0. The van der Waals surface area contributed by atoms with Crippen LogP contribution in [0.5, 0.6) is 0 Å². The molecule has 0 aromatic carbocycles. The third-order valence-corrected chi connectivity index (χ3v) is 10.8. The van der Waals surface area contributed by atoms with Crippen LogP contribution in [0.4, 0.5) is 0 Å². The van der Waals surface area contributed by atoms with Crippen LogP contribution in [0.2, 0.25) is 0 Å². The van der Waals surface area contributed by atoms with Crippen LogP contribution in [0.25, 0.3) is 0 Å². The number of thiocarbonyl (C=S) groups is 2. The van der Waals surface area contributed by atoms with Gasteiger partial charge >= 0.3 is 0 Å². The number of rotatable bonds is 35. The Morgan fingerprint density at radius 3 is 1.08 bits per heavy atom. The van der Waals surface area contributed by atoms with Crippen molar-refractivity contribution in [3.05, 3.63) is 0 Å². The van der Waals surface area contributed by atoms with E-state index in [0.717, 1.165) is 25.7 Å². The van der Waals surface area contributed by atoms with Gasteiger partial charge in [-0.15, -0.1) is 0 Å². The molecular weight excluding hydrogens is 649 g/mol. The Morgan fingerprint density at radius 2 is 0.776 bits per heavy atom. The molecule has 1 heterocycles. The summed E-state index contributed by atoms with van der Waals surface area (Å²) in [5.41, 5.74) is 0. The van der Waals surface area contributed by atoms with Crippen molar-refractivity contribution in [1.82, 2.24) is 0 Å². The molecule has 0 saturated carbocycles. The molecular formula is C42H80O5S2. The lowest BCUT2D eigenvalue weighted by atomic mass is 9.99. The number of ether oxygens (including phenoxy) is 3. The molecule has 1 aliphatic rings. The van der Waals surface area contributed by atoms with E-state index in [0.29, 0.717) is 22.9 Å². The number of aliphatic hydroxyl groups is 2. The molecule has 4 atom stereocenters. The number of aliphatic hydroxyl groups excluding tert-OH is 2. The van der Waals surface area contributed by atoms with E-state index in [2.05, 4.69) is 13.8 Å². The predicted molar refractivity (Wildman–Crippen MR) is 217 cm³/mol. The van der Waals surface area contributed by atoms with E-state index in [-0.39, 0.29) is 13.2 Å². The molecule has 49 heavy (non-hydrogen) atoms. The smallest absolute Gasteiger partial charge is 0.167 e. The standard InChI is InChI=1S/C42H80O5S2/c1-3-5-7-9-11-13-15-17-19-21-23-25-27-29-31-33-39(48)46-41-37(44)36-45-38(35-43)42(41)47-40(49)34-32-30-28-26-24-22-20-18-16-14-12-10-8-6-4-2/h37-38,41-44H,3-36H2,1-2H3/t37-,38+,41+,42+/m0/s1. The number of unbranched alkanes of at least 4 members (excludes halogenated alkanes) is 28. The first-order chi connectivity index (χ1) is 24.0. The molecule has 0 radical (unpaired) electrons. The van der Waals surface area contributed by atoms with Gasteiger partial charge in [0.25, 0.3) is 0 Å². The molecule has 0 aliphatic carbocycles. The second kappa shape index (κ2) is 34.7. The Hall–Kier alpha value is -0.340. The van der Waals surface area contributed by atoms with Crippen LogP contribution < -0.4 is 0 Å². The van der Waals surface area contributed by atoms with E-state index in [1.807, 2.05) is 0 Å². The van der Waals surface area contributed by atoms with Crippen LogP contribution in [0.3, 0.4) is 0 Å². The van der Waals surface area contributed by atoms with Crippen LogP contribution in [-0.4, -0.2) is 57.9 Å². The van der Waals surface area contributed by atoms with Crippen molar-refractivity contribution in [3.63, 3.8) is 0 Å². The first-order valence-corrected chi connectivity index (χ1v) is 22.1. The van der Waals surface area contributed by atoms with Crippen LogP contribution in [0, 0.1) is 0 Å². The topological polar surface area (TPSA) is 68.2 Å². The molecule has 5 nitrogen and oxygen atoms in total. The van der Waals surface area contributed by atoms with Gasteiger partial charge in [-0.1, -0.05) is 194 Å². The third-order valence-electron chi connectivity index (χ3n) is 10.2. The maximum absolute atomic E-state index is 10.7. The van der Waals surface area contributed by atoms with Gasteiger partial charge in [0.1, 0.15) is 12.2 Å².